The van der Waals surface area contributed by atoms with E-state index in [2.05, 4.69) is 5.32 Å². The van der Waals surface area contributed by atoms with Crippen molar-refractivity contribution < 1.29 is 22.7 Å². The summed E-state index contributed by atoms with van der Waals surface area (Å²) < 4.78 is 34.1. The minimum Gasteiger partial charge on any atom is -0.444 e. The van der Waals surface area contributed by atoms with Crippen molar-refractivity contribution in [1.82, 2.24) is 9.62 Å². The highest BCUT2D eigenvalue weighted by Crippen LogP contribution is 2.06. The van der Waals surface area contributed by atoms with E-state index in [0.717, 1.165) is 6.26 Å². The summed E-state index contributed by atoms with van der Waals surface area (Å²) in [6.07, 6.45) is 0.559. The average molecular weight is 296 g/mol. The van der Waals surface area contributed by atoms with E-state index in [-0.39, 0.29) is 19.6 Å². The highest BCUT2D eigenvalue weighted by Gasteiger charge is 2.18. The standard InChI is InChI=1S/C11H24N2O5S/c1-11(2,3)18-10(14)12-6-7-13(8-9-17-4)19(5,15)16/h6-9H2,1-5H3,(H,12,14). The van der Waals surface area contributed by atoms with Crippen molar-refractivity contribution in [3.8, 4) is 0 Å². The van der Waals surface area contributed by atoms with Crippen LogP contribution in [-0.2, 0) is 19.5 Å². The molecule has 0 aliphatic carbocycles. The number of amides is 1. The lowest BCUT2D eigenvalue weighted by Gasteiger charge is -2.22. The van der Waals surface area contributed by atoms with Crippen molar-refractivity contribution in [1.29, 1.82) is 0 Å². The Bertz CT molecular complexity index is 375. The first-order chi connectivity index (χ1) is 8.56. The first-order valence-corrected chi connectivity index (χ1v) is 7.82. The van der Waals surface area contributed by atoms with Gasteiger partial charge in [0.15, 0.2) is 0 Å². The molecule has 8 heteroatoms. The number of methoxy groups -OCH3 is 1. The first kappa shape index (κ1) is 18.1. The molecule has 0 aromatic heterocycles. The van der Waals surface area contributed by atoms with Gasteiger partial charge in [-0.1, -0.05) is 0 Å². The summed E-state index contributed by atoms with van der Waals surface area (Å²) in [5.41, 5.74) is -0.573. The molecule has 0 aliphatic rings. The van der Waals surface area contributed by atoms with E-state index in [1.807, 2.05) is 0 Å². The Morgan fingerprint density at radius 2 is 1.84 bits per heavy atom. The van der Waals surface area contributed by atoms with Crippen LogP contribution in [0.4, 0.5) is 4.79 Å². The lowest BCUT2D eigenvalue weighted by Crippen LogP contribution is -2.41. The second kappa shape index (κ2) is 7.66. The van der Waals surface area contributed by atoms with Gasteiger partial charge in [-0.3, -0.25) is 0 Å². The maximum absolute atomic E-state index is 11.5. The third kappa shape index (κ3) is 9.69. The Labute approximate surface area is 115 Å². The highest BCUT2D eigenvalue weighted by atomic mass is 32.2. The quantitative estimate of drug-likeness (QED) is 0.736. The molecule has 0 rings (SSSR count). The smallest absolute Gasteiger partial charge is 0.407 e. The third-order valence-corrected chi connectivity index (χ3v) is 3.35. The first-order valence-electron chi connectivity index (χ1n) is 5.97. The van der Waals surface area contributed by atoms with Crippen LogP contribution in [0.3, 0.4) is 0 Å². The van der Waals surface area contributed by atoms with Gasteiger partial charge in [0, 0.05) is 26.7 Å². The largest absolute Gasteiger partial charge is 0.444 e. The minimum absolute atomic E-state index is 0.182. The SMILES string of the molecule is COCCN(CCNC(=O)OC(C)(C)C)S(C)(=O)=O. The normalized spacial score (nSPS) is 12.5. The van der Waals surface area contributed by atoms with E-state index in [1.54, 1.807) is 20.8 Å². The Balaban J connectivity index is 4.17. The Kier molecular flexibility index (Phi) is 7.32. The molecule has 7 nitrogen and oxygen atoms in total. The monoisotopic (exact) mass is 296 g/mol. The van der Waals surface area contributed by atoms with Gasteiger partial charge in [0.2, 0.25) is 10.0 Å². The van der Waals surface area contributed by atoms with E-state index in [9.17, 15) is 13.2 Å². The van der Waals surface area contributed by atoms with Crippen LogP contribution >= 0.6 is 0 Å². The van der Waals surface area contributed by atoms with E-state index in [0.29, 0.717) is 6.61 Å². The Hall–Kier alpha value is -0.860. The summed E-state index contributed by atoms with van der Waals surface area (Å²) >= 11 is 0. The summed E-state index contributed by atoms with van der Waals surface area (Å²) in [7, 11) is -1.81. The minimum atomic E-state index is -3.31. The van der Waals surface area contributed by atoms with Gasteiger partial charge >= 0.3 is 6.09 Å². The van der Waals surface area contributed by atoms with E-state index >= 15 is 0 Å². The van der Waals surface area contributed by atoms with E-state index < -0.39 is 21.7 Å². The Morgan fingerprint density at radius 1 is 1.26 bits per heavy atom. The molecule has 0 saturated carbocycles. The van der Waals surface area contributed by atoms with E-state index in [4.69, 9.17) is 9.47 Å². The number of nitrogens with zero attached hydrogens (tertiary/aromatic N) is 1. The molecule has 0 spiro atoms. The maximum Gasteiger partial charge on any atom is 0.407 e. The van der Waals surface area contributed by atoms with Gasteiger partial charge in [-0.05, 0) is 20.8 Å². The molecular formula is C11H24N2O5S. The molecule has 0 unspecified atom stereocenters. The van der Waals surface area contributed by atoms with Crippen molar-refractivity contribution in [3.05, 3.63) is 0 Å². The molecule has 1 N–H and O–H groups in total. The summed E-state index contributed by atoms with van der Waals surface area (Å²) in [6.45, 7) is 6.20. The van der Waals surface area contributed by atoms with Gasteiger partial charge in [0.25, 0.3) is 0 Å². The molecule has 0 heterocycles. The molecule has 1 amide bonds. The fourth-order valence-corrected chi connectivity index (χ4v) is 2.06. The summed E-state index contributed by atoms with van der Waals surface area (Å²) in [4.78, 5) is 11.4. The van der Waals surface area contributed by atoms with Gasteiger partial charge in [-0.15, -0.1) is 0 Å². The van der Waals surface area contributed by atoms with Gasteiger partial charge in [0.05, 0.1) is 12.9 Å². The van der Waals surface area contributed by atoms with Crippen LogP contribution in [0.25, 0.3) is 0 Å². The number of ether oxygens (including phenoxy) is 2. The maximum atomic E-state index is 11.5. The highest BCUT2D eigenvalue weighted by molar-refractivity contribution is 7.88. The van der Waals surface area contributed by atoms with Gasteiger partial charge in [-0.2, -0.15) is 4.31 Å². The number of hydrogen-bond acceptors (Lipinski definition) is 5. The second-order valence-corrected chi connectivity index (χ2v) is 7.07. The lowest BCUT2D eigenvalue weighted by atomic mass is 10.2. The van der Waals surface area contributed by atoms with Crippen LogP contribution < -0.4 is 5.32 Å². The molecule has 0 fully saturated rings. The van der Waals surface area contributed by atoms with E-state index in [1.165, 1.54) is 11.4 Å². The van der Waals surface area contributed by atoms with Crippen molar-refractivity contribution >= 4 is 16.1 Å². The number of carbonyl (C=O) groups is 1. The number of nitrogens with one attached hydrogen (secondary N) is 1. The van der Waals surface area contributed by atoms with Crippen LogP contribution in [0.1, 0.15) is 20.8 Å². The molecule has 0 aromatic carbocycles. The molecule has 0 aromatic rings. The second-order valence-electron chi connectivity index (χ2n) is 5.08. The van der Waals surface area contributed by atoms with Crippen molar-refractivity contribution in [3.63, 3.8) is 0 Å². The predicted octanol–water partition coefficient (Wildman–Crippen LogP) is 0.419. The molecule has 0 atom stereocenters. The van der Waals surface area contributed by atoms with Crippen LogP contribution in [0.2, 0.25) is 0 Å². The fraction of sp³-hybridized carbons (Fsp3) is 0.909. The van der Waals surface area contributed by atoms with Gasteiger partial charge in [-0.25, -0.2) is 13.2 Å². The Morgan fingerprint density at radius 3 is 2.26 bits per heavy atom. The zero-order valence-electron chi connectivity index (χ0n) is 12.2. The number of carbonyl (C=O) groups excluding carboxylic acids is 1. The van der Waals surface area contributed by atoms with Gasteiger partial charge < -0.3 is 14.8 Å². The summed E-state index contributed by atoms with van der Waals surface area (Å²) in [6, 6.07) is 0. The molecular weight excluding hydrogens is 272 g/mol. The number of sulfonamides is 1. The molecule has 0 saturated heterocycles. The zero-order chi connectivity index (χ0) is 15.1. The third-order valence-electron chi connectivity index (χ3n) is 2.04. The van der Waals surface area contributed by atoms with Gasteiger partial charge in [0.1, 0.15) is 5.60 Å². The van der Waals surface area contributed by atoms with Crippen molar-refractivity contribution in [2.45, 2.75) is 26.4 Å². The number of alkyl carbamates (subject to hydrolysis) is 1. The van der Waals surface area contributed by atoms with Crippen LogP contribution in [-0.4, -0.2) is 64.0 Å². The molecule has 19 heavy (non-hydrogen) atoms. The molecule has 114 valence electrons. The number of rotatable bonds is 7. The average Bonchev–Trinajstić information content (AvgIpc) is 2.18. The molecule has 0 radical (unpaired) electrons. The van der Waals surface area contributed by atoms with Crippen LogP contribution in [0, 0.1) is 0 Å². The van der Waals surface area contributed by atoms with Crippen LogP contribution in [0.15, 0.2) is 0 Å². The number of hydrogen-bond donors (Lipinski definition) is 1. The fourth-order valence-electron chi connectivity index (χ4n) is 1.23. The predicted molar refractivity (Wildman–Crippen MR) is 72.5 cm³/mol. The summed E-state index contributed by atoms with van der Waals surface area (Å²) in [5, 5.41) is 2.51. The van der Waals surface area contributed by atoms with Crippen molar-refractivity contribution in [2.75, 3.05) is 39.6 Å². The molecule has 0 bridgehead atoms. The summed E-state index contributed by atoms with van der Waals surface area (Å²) in [5.74, 6) is 0. The lowest BCUT2D eigenvalue weighted by molar-refractivity contribution is 0.0525. The van der Waals surface area contributed by atoms with Crippen LogP contribution in [0.5, 0.6) is 0 Å². The molecule has 0 aliphatic heterocycles. The van der Waals surface area contributed by atoms with Crippen molar-refractivity contribution in [2.24, 2.45) is 0 Å². The topological polar surface area (TPSA) is 84.9 Å². The zero-order valence-corrected chi connectivity index (χ0v) is 13.0.